The van der Waals surface area contributed by atoms with Gasteiger partial charge in [-0.15, -0.1) is 0 Å². The zero-order valence-corrected chi connectivity index (χ0v) is 15.2. The molecule has 5 nitrogen and oxygen atoms in total. The van der Waals surface area contributed by atoms with Crippen LogP contribution in [0.4, 0.5) is 10.1 Å². The van der Waals surface area contributed by atoms with Gasteiger partial charge >= 0.3 is 0 Å². The highest BCUT2D eigenvalue weighted by Crippen LogP contribution is 2.28. The SMILES string of the molecule is CC(C)(C)c1cc(=O)n2c(n1)SCC(C(=O)Nc1ccccc1F)C2. The van der Waals surface area contributed by atoms with Crippen LogP contribution in [-0.4, -0.2) is 21.2 Å². The van der Waals surface area contributed by atoms with Crippen molar-refractivity contribution in [3.8, 4) is 0 Å². The van der Waals surface area contributed by atoms with Gasteiger partial charge in [-0.1, -0.05) is 44.7 Å². The van der Waals surface area contributed by atoms with Gasteiger partial charge in [-0.3, -0.25) is 14.2 Å². The smallest absolute Gasteiger partial charge is 0.254 e. The number of aromatic nitrogens is 2. The summed E-state index contributed by atoms with van der Waals surface area (Å²) >= 11 is 1.38. The van der Waals surface area contributed by atoms with Crippen LogP contribution in [0.3, 0.4) is 0 Å². The van der Waals surface area contributed by atoms with Crippen LogP contribution in [0.5, 0.6) is 0 Å². The highest BCUT2D eigenvalue weighted by Gasteiger charge is 2.29. The van der Waals surface area contributed by atoms with E-state index >= 15 is 0 Å². The second-order valence-corrected chi connectivity index (χ2v) is 8.09. The molecule has 1 amide bonds. The van der Waals surface area contributed by atoms with E-state index in [-0.39, 0.29) is 29.1 Å². The minimum absolute atomic E-state index is 0.150. The number of nitrogens with zero attached hydrogens (tertiary/aromatic N) is 2. The Labute approximate surface area is 149 Å². The lowest BCUT2D eigenvalue weighted by Crippen LogP contribution is -2.37. The van der Waals surface area contributed by atoms with Crippen LogP contribution in [0.1, 0.15) is 26.5 Å². The minimum Gasteiger partial charge on any atom is -0.323 e. The fourth-order valence-electron chi connectivity index (χ4n) is 2.55. The molecule has 0 saturated heterocycles. The largest absolute Gasteiger partial charge is 0.323 e. The number of anilines is 1. The van der Waals surface area contributed by atoms with Crippen molar-refractivity contribution in [1.82, 2.24) is 9.55 Å². The Morgan fingerprint density at radius 3 is 2.76 bits per heavy atom. The first-order valence-electron chi connectivity index (χ1n) is 8.06. The maximum atomic E-state index is 13.7. The lowest BCUT2D eigenvalue weighted by molar-refractivity contribution is -0.119. The van der Waals surface area contributed by atoms with Gasteiger partial charge in [0.2, 0.25) is 5.91 Å². The average molecular weight is 361 g/mol. The number of para-hydroxylation sites is 1. The molecule has 1 aliphatic heterocycles. The highest BCUT2D eigenvalue weighted by atomic mass is 32.2. The molecule has 1 N–H and O–H groups in total. The standard InChI is InChI=1S/C18H20FN3O2S/c1-18(2,3)14-8-15(23)22-9-11(10-25-17(22)21-14)16(24)20-13-7-5-4-6-12(13)19/h4-8,11H,9-10H2,1-3H3,(H,20,24). The lowest BCUT2D eigenvalue weighted by Gasteiger charge is -2.26. The van der Waals surface area contributed by atoms with Gasteiger partial charge < -0.3 is 5.32 Å². The molecule has 0 saturated carbocycles. The molecule has 1 unspecified atom stereocenters. The number of amides is 1. The summed E-state index contributed by atoms with van der Waals surface area (Å²) < 4.78 is 15.2. The van der Waals surface area contributed by atoms with Gasteiger partial charge in [0.1, 0.15) is 5.82 Å². The zero-order valence-electron chi connectivity index (χ0n) is 14.4. The summed E-state index contributed by atoms with van der Waals surface area (Å²) in [5.41, 5.74) is 0.516. The third kappa shape index (κ3) is 3.76. The van der Waals surface area contributed by atoms with Crippen LogP contribution < -0.4 is 10.9 Å². The topological polar surface area (TPSA) is 64.0 Å². The lowest BCUT2D eigenvalue weighted by atomic mass is 9.92. The summed E-state index contributed by atoms with van der Waals surface area (Å²) in [5.74, 6) is -0.694. The van der Waals surface area contributed by atoms with Crippen molar-refractivity contribution >= 4 is 23.4 Å². The van der Waals surface area contributed by atoms with Crippen molar-refractivity contribution in [3.05, 3.63) is 52.2 Å². The monoisotopic (exact) mass is 361 g/mol. The molecule has 2 heterocycles. The van der Waals surface area contributed by atoms with Gasteiger partial charge in [0.05, 0.1) is 17.3 Å². The molecule has 1 aliphatic rings. The van der Waals surface area contributed by atoms with Gasteiger partial charge in [0, 0.05) is 23.8 Å². The molecule has 1 aromatic heterocycles. The van der Waals surface area contributed by atoms with Gasteiger partial charge in [0.15, 0.2) is 5.16 Å². The van der Waals surface area contributed by atoms with Crippen molar-refractivity contribution in [2.75, 3.05) is 11.1 Å². The Bertz CT molecular complexity index is 873. The third-order valence-electron chi connectivity index (χ3n) is 4.06. The van der Waals surface area contributed by atoms with E-state index in [9.17, 15) is 14.0 Å². The quantitative estimate of drug-likeness (QED) is 0.835. The number of hydrogen-bond donors (Lipinski definition) is 1. The molecular weight excluding hydrogens is 341 g/mol. The first kappa shape index (κ1) is 17.7. The number of benzene rings is 1. The van der Waals surface area contributed by atoms with Gasteiger partial charge in [0.25, 0.3) is 5.56 Å². The fourth-order valence-corrected chi connectivity index (χ4v) is 3.64. The van der Waals surface area contributed by atoms with Crippen molar-refractivity contribution in [2.45, 2.75) is 37.9 Å². The van der Waals surface area contributed by atoms with Gasteiger partial charge in [-0.05, 0) is 12.1 Å². The summed E-state index contributed by atoms with van der Waals surface area (Å²) in [7, 11) is 0. The Morgan fingerprint density at radius 1 is 1.36 bits per heavy atom. The highest BCUT2D eigenvalue weighted by molar-refractivity contribution is 7.99. The van der Waals surface area contributed by atoms with E-state index in [1.807, 2.05) is 20.8 Å². The van der Waals surface area contributed by atoms with Crippen LogP contribution in [0, 0.1) is 11.7 Å². The maximum absolute atomic E-state index is 13.7. The molecule has 25 heavy (non-hydrogen) atoms. The van der Waals surface area contributed by atoms with E-state index in [2.05, 4.69) is 10.3 Å². The van der Waals surface area contributed by atoms with E-state index in [4.69, 9.17) is 0 Å². The van der Waals surface area contributed by atoms with Gasteiger partial charge in [-0.25, -0.2) is 9.37 Å². The predicted molar refractivity (Wildman–Crippen MR) is 96.4 cm³/mol. The second kappa shape index (κ2) is 6.63. The number of rotatable bonds is 2. The first-order valence-corrected chi connectivity index (χ1v) is 9.05. The Morgan fingerprint density at radius 2 is 2.08 bits per heavy atom. The summed E-state index contributed by atoms with van der Waals surface area (Å²) in [6, 6.07) is 7.56. The predicted octanol–water partition coefficient (Wildman–Crippen LogP) is 3.04. The Hall–Kier alpha value is -2.15. The number of nitrogens with one attached hydrogen (secondary N) is 1. The summed E-state index contributed by atoms with van der Waals surface area (Å²) in [6.45, 7) is 6.26. The molecule has 1 aromatic carbocycles. The van der Waals surface area contributed by atoms with E-state index in [1.165, 1.54) is 34.5 Å². The molecule has 1 atom stereocenters. The number of fused-ring (bicyclic) bond motifs is 1. The average Bonchev–Trinajstić information content (AvgIpc) is 2.55. The third-order valence-corrected chi connectivity index (χ3v) is 5.20. The molecular formula is C18H20FN3O2S. The second-order valence-electron chi connectivity index (χ2n) is 7.10. The van der Waals surface area contributed by atoms with Crippen molar-refractivity contribution < 1.29 is 9.18 Å². The number of carbonyl (C=O) groups is 1. The van der Waals surface area contributed by atoms with Crippen molar-refractivity contribution in [1.29, 1.82) is 0 Å². The molecule has 7 heteroatoms. The Kier molecular flexibility index (Phi) is 4.69. The van der Waals surface area contributed by atoms with Crippen LogP contribution in [-0.2, 0) is 16.8 Å². The summed E-state index contributed by atoms with van der Waals surface area (Å²) in [6.07, 6.45) is 0. The number of carbonyl (C=O) groups excluding carboxylic acids is 1. The van der Waals surface area contributed by atoms with E-state index in [0.29, 0.717) is 10.9 Å². The molecule has 3 rings (SSSR count). The van der Waals surface area contributed by atoms with Gasteiger partial charge in [-0.2, -0.15) is 0 Å². The van der Waals surface area contributed by atoms with Crippen LogP contribution in [0.25, 0.3) is 0 Å². The van der Waals surface area contributed by atoms with Crippen molar-refractivity contribution in [2.24, 2.45) is 5.92 Å². The minimum atomic E-state index is -0.478. The van der Waals surface area contributed by atoms with Crippen molar-refractivity contribution in [3.63, 3.8) is 0 Å². The maximum Gasteiger partial charge on any atom is 0.254 e. The van der Waals surface area contributed by atoms with Crippen LogP contribution >= 0.6 is 11.8 Å². The van der Waals surface area contributed by atoms with E-state index < -0.39 is 11.7 Å². The molecule has 2 aromatic rings. The molecule has 132 valence electrons. The molecule has 0 spiro atoms. The zero-order chi connectivity index (χ0) is 18.2. The summed E-state index contributed by atoms with van der Waals surface area (Å²) in [4.78, 5) is 29.4. The number of hydrogen-bond acceptors (Lipinski definition) is 4. The summed E-state index contributed by atoms with van der Waals surface area (Å²) in [5, 5.41) is 3.23. The molecule has 0 fully saturated rings. The van der Waals surface area contributed by atoms with Crippen LogP contribution in [0.2, 0.25) is 0 Å². The number of thioether (sulfide) groups is 1. The first-order chi connectivity index (χ1) is 11.8. The van der Waals surface area contributed by atoms with E-state index in [0.717, 1.165) is 5.69 Å². The van der Waals surface area contributed by atoms with Crippen LogP contribution in [0.15, 0.2) is 40.3 Å². The fraction of sp³-hybridized carbons (Fsp3) is 0.389. The molecule has 0 aliphatic carbocycles. The van der Waals surface area contributed by atoms with E-state index in [1.54, 1.807) is 12.1 Å². The molecule has 0 radical (unpaired) electrons. The normalized spacial score (nSPS) is 17.0. The number of halogens is 1. The Balaban J connectivity index is 1.81. The molecule has 0 bridgehead atoms.